The summed E-state index contributed by atoms with van der Waals surface area (Å²) >= 11 is 0. The molecular weight excluding hydrogens is 556 g/mol. The number of rotatable bonds is 2. The van der Waals surface area contributed by atoms with Crippen molar-refractivity contribution in [3.05, 3.63) is 58.7 Å². The molecule has 7 nitrogen and oxygen atoms in total. The Morgan fingerprint density at radius 2 is 1.86 bits per heavy atom. The van der Waals surface area contributed by atoms with Gasteiger partial charge in [-0.1, -0.05) is 82.2 Å². The average molecular weight is 611 g/mol. The standard InChI is InChI=1S/C37H54O7/c1-21(2)14-25(6)33-27(8)32(38)19-36(44-33)18-30-17-29(43-36)13-12-23(4)15-22(3)10-9-11-28-20-41-34-26(7)24(5)16-31(35(39)42-30)37(28,34)40/h9-12,14,16,21-22,26-27,29-34,38,40H,13,15,17-20H2,1-8H3/b10-9+,23-12+,25-14+,28-11+/t22-,26+,27-,29+,30-,31-,32-,33+,34+,36+,37+/m0/s1. The highest BCUT2D eigenvalue weighted by molar-refractivity contribution is 5.78. The molecule has 3 saturated heterocycles. The highest BCUT2D eigenvalue weighted by Gasteiger charge is 2.59. The molecule has 0 aromatic carbocycles. The van der Waals surface area contributed by atoms with Gasteiger partial charge in [-0.3, -0.25) is 4.79 Å². The number of aliphatic hydroxyl groups is 2. The first-order valence-electron chi connectivity index (χ1n) is 16.7. The summed E-state index contributed by atoms with van der Waals surface area (Å²) in [5.41, 5.74) is 2.55. The van der Waals surface area contributed by atoms with E-state index in [2.05, 4.69) is 52.8 Å². The monoisotopic (exact) mass is 610 g/mol. The summed E-state index contributed by atoms with van der Waals surface area (Å²) in [6.45, 7) is 17.0. The number of allylic oxidation sites excluding steroid dienone is 5. The average Bonchev–Trinajstić information content (AvgIpc) is 3.27. The summed E-state index contributed by atoms with van der Waals surface area (Å²) in [6.07, 6.45) is 12.8. The SMILES string of the molecule is CC1=C[C@H]2C(=O)O[C@H]3C[C@@H](C/C=C(\C)C[C@@H](C)/C=C/C=C4\CO[C@H]([C@@H]1C)[C@@]42O)O[C@@]1(C3)C[C@H](O)[C@H](C)[C@@H](/C(C)=C/C(C)C)O1. The Kier molecular flexibility index (Phi) is 9.85. The highest BCUT2D eigenvalue weighted by Crippen LogP contribution is 2.49. The molecule has 4 heterocycles. The number of fused-ring (bicyclic) bond motifs is 2. The first-order valence-corrected chi connectivity index (χ1v) is 16.7. The predicted molar refractivity (Wildman–Crippen MR) is 170 cm³/mol. The van der Waals surface area contributed by atoms with E-state index in [9.17, 15) is 15.0 Å². The van der Waals surface area contributed by atoms with Gasteiger partial charge in [-0.15, -0.1) is 0 Å². The molecule has 44 heavy (non-hydrogen) atoms. The molecule has 4 aliphatic heterocycles. The van der Waals surface area contributed by atoms with E-state index >= 15 is 0 Å². The van der Waals surface area contributed by atoms with Crippen LogP contribution in [0.25, 0.3) is 0 Å². The molecule has 5 aliphatic rings. The zero-order valence-electron chi connectivity index (χ0n) is 27.9. The number of carbonyl (C=O) groups is 1. The number of carbonyl (C=O) groups excluding carboxylic acids is 1. The van der Waals surface area contributed by atoms with Crippen molar-refractivity contribution in [2.45, 2.75) is 129 Å². The fraction of sp³-hybridized carbons (Fsp3) is 0.703. The van der Waals surface area contributed by atoms with Gasteiger partial charge in [-0.05, 0) is 56.6 Å². The summed E-state index contributed by atoms with van der Waals surface area (Å²) in [4.78, 5) is 14.1. The molecule has 244 valence electrons. The normalized spacial score (nSPS) is 46.8. The number of esters is 1. The number of ether oxygens (including phenoxy) is 4. The fourth-order valence-electron chi connectivity index (χ4n) is 8.09. The van der Waals surface area contributed by atoms with Gasteiger partial charge in [0, 0.05) is 31.1 Å². The van der Waals surface area contributed by atoms with E-state index in [1.165, 1.54) is 5.57 Å². The molecule has 0 aromatic rings. The molecule has 3 fully saturated rings. The lowest BCUT2D eigenvalue weighted by molar-refractivity contribution is -0.342. The maximum absolute atomic E-state index is 14.1. The second-order valence-corrected chi connectivity index (χ2v) is 14.8. The summed E-state index contributed by atoms with van der Waals surface area (Å²) in [7, 11) is 0. The molecule has 2 bridgehead atoms. The molecule has 0 aromatic heterocycles. The molecule has 0 amide bonds. The van der Waals surface area contributed by atoms with Gasteiger partial charge in [0.25, 0.3) is 0 Å². The van der Waals surface area contributed by atoms with E-state index in [0.29, 0.717) is 37.2 Å². The van der Waals surface area contributed by atoms with E-state index in [-0.39, 0.29) is 36.6 Å². The third kappa shape index (κ3) is 6.59. The van der Waals surface area contributed by atoms with Crippen molar-refractivity contribution in [3.63, 3.8) is 0 Å². The smallest absolute Gasteiger partial charge is 0.316 e. The van der Waals surface area contributed by atoms with Gasteiger partial charge in [0.15, 0.2) is 5.79 Å². The lowest BCUT2D eigenvalue weighted by Crippen LogP contribution is -2.59. The molecule has 0 saturated carbocycles. The Bertz CT molecular complexity index is 1240. The van der Waals surface area contributed by atoms with Crippen molar-refractivity contribution < 1.29 is 34.0 Å². The lowest BCUT2D eigenvalue weighted by Gasteiger charge is -2.51. The van der Waals surface area contributed by atoms with Gasteiger partial charge in [-0.25, -0.2) is 0 Å². The molecule has 2 N–H and O–H groups in total. The van der Waals surface area contributed by atoms with Crippen LogP contribution in [0.4, 0.5) is 0 Å². The first kappa shape index (κ1) is 33.3. The molecular formula is C37H54O7. The second-order valence-electron chi connectivity index (χ2n) is 14.8. The van der Waals surface area contributed by atoms with E-state index in [1.54, 1.807) is 0 Å². The predicted octanol–water partition coefficient (Wildman–Crippen LogP) is 6.36. The lowest BCUT2D eigenvalue weighted by atomic mass is 9.68. The van der Waals surface area contributed by atoms with Crippen LogP contribution in [-0.2, 0) is 23.7 Å². The van der Waals surface area contributed by atoms with Crippen molar-refractivity contribution in [1.82, 2.24) is 0 Å². The minimum absolute atomic E-state index is 0.0369. The third-order valence-corrected chi connectivity index (χ3v) is 10.5. The number of hydrogen-bond donors (Lipinski definition) is 2. The zero-order chi connectivity index (χ0) is 32.0. The maximum atomic E-state index is 14.1. The van der Waals surface area contributed by atoms with Crippen LogP contribution in [0.5, 0.6) is 0 Å². The number of aliphatic hydroxyl groups excluding tert-OH is 1. The maximum Gasteiger partial charge on any atom is 0.316 e. The van der Waals surface area contributed by atoms with Gasteiger partial charge >= 0.3 is 5.97 Å². The van der Waals surface area contributed by atoms with Crippen LogP contribution in [0.15, 0.2) is 58.7 Å². The van der Waals surface area contributed by atoms with E-state index in [0.717, 1.165) is 17.6 Å². The van der Waals surface area contributed by atoms with Crippen LogP contribution in [-0.4, -0.2) is 64.7 Å². The summed E-state index contributed by atoms with van der Waals surface area (Å²) in [5.74, 6) is -1.95. The number of hydrogen-bond acceptors (Lipinski definition) is 7. The Hall–Kier alpha value is -2.03. The molecule has 1 aliphatic carbocycles. The first-order chi connectivity index (χ1) is 20.7. The molecule has 0 radical (unpaired) electrons. The largest absolute Gasteiger partial charge is 0.462 e. The minimum atomic E-state index is -1.49. The molecule has 0 unspecified atom stereocenters. The van der Waals surface area contributed by atoms with Crippen LogP contribution < -0.4 is 0 Å². The molecule has 1 spiro atoms. The Morgan fingerprint density at radius 3 is 2.59 bits per heavy atom. The van der Waals surface area contributed by atoms with Gasteiger partial charge in [0.05, 0.1) is 31.0 Å². The zero-order valence-corrected chi connectivity index (χ0v) is 27.9. The van der Waals surface area contributed by atoms with E-state index in [4.69, 9.17) is 18.9 Å². The van der Waals surface area contributed by atoms with Crippen molar-refractivity contribution in [1.29, 1.82) is 0 Å². The van der Waals surface area contributed by atoms with Crippen LogP contribution in [0.3, 0.4) is 0 Å². The van der Waals surface area contributed by atoms with Gasteiger partial charge < -0.3 is 29.2 Å². The Morgan fingerprint density at radius 1 is 1.11 bits per heavy atom. The van der Waals surface area contributed by atoms with E-state index in [1.807, 2.05) is 39.0 Å². The topological polar surface area (TPSA) is 94.5 Å². The summed E-state index contributed by atoms with van der Waals surface area (Å²) in [6, 6.07) is 0. The van der Waals surface area contributed by atoms with Gasteiger partial charge in [0.1, 0.15) is 17.6 Å². The van der Waals surface area contributed by atoms with Crippen LogP contribution >= 0.6 is 0 Å². The minimum Gasteiger partial charge on any atom is -0.462 e. The van der Waals surface area contributed by atoms with Crippen molar-refractivity contribution in [2.75, 3.05) is 6.61 Å². The summed E-state index contributed by atoms with van der Waals surface area (Å²) < 4.78 is 26.1. The quantitative estimate of drug-likeness (QED) is 0.278. The second kappa shape index (κ2) is 13.0. The van der Waals surface area contributed by atoms with E-state index < -0.39 is 41.6 Å². The highest BCUT2D eigenvalue weighted by atomic mass is 16.7. The van der Waals surface area contributed by atoms with Crippen molar-refractivity contribution in [3.8, 4) is 0 Å². The van der Waals surface area contributed by atoms with Crippen molar-refractivity contribution >= 4 is 5.97 Å². The fourth-order valence-corrected chi connectivity index (χ4v) is 8.09. The molecule has 11 atom stereocenters. The van der Waals surface area contributed by atoms with Gasteiger partial charge in [-0.2, -0.15) is 0 Å². The van der Waals surface area contributed by atoms with Crippen LogP contribution in [0.2, 0.25) is 0 Å². The molecule has 7 heteroatoms. The summed E-state index contributed by atoms with van der Waals surface area (Å²) in [5, 5.41) is 23.6. The van der Waals surface area contributed by atoms with Crippen molar-refractivity contribution in [2.24, 2.45) is 29.6 Å². The van der Waals surface area contributed by atoms with Gasteiger partial charge in [0.2, 0.25) is 0 Å². The van der Waals surface area contributed by atoms with Crippen LogP contribution in [0, 0.1) is 29.6 Å². The third-order valence-electron chi connectivity index (χ3n) is 10.5. The van der Waals surface area contributed by atoms with Crippen LogP contribution in [0.1, 0.15) is 87.5 Å². The molecule has 5 rings (SSSR count). The Balaban J connectivity index is 1.52. The Labute approximate surface area is 264 Å².